The van der Waals surface area contributed by atoms with Gasteiger partial charge in [-0.2, -0.15) is 0 Å². The molecular weight excluding hydrogens is 238 g/mol. The van der Waals surface area contributed by atoms with E-state index in [1.807, 2.05) is 34.0 Å². The minimum Gasteiger partial charge on any atom is -0.505 e. The predicted molar refractivity (Wildman–Crippen MR) is 80.8 cm³/mol. The molecule has 3 heteroatoms. The van der Waals surface area contributed by atoms with Gasteiger partial charge in [-0.25, -0.2) is 0 Å². The van der Waals surface area contributed by atoms with E-state index in [9.17, 15) is 9.90 Å². The molecule has 19 heavy (non-hydrogen) atoms. The third kappa shape index (κ3) is 4.12. The molecular formula is C16H29NO2. The van der Waals surface area contributed by atoms with Gasteiger partial charge in [0.2, 0.25) is 0 Å². The molecule has 1 rings (SSSR count). The molecule has 0 bridgehead atoms. The van der Waals surface area contributed by atoms with Crippen molar-refractivity contribution < 1.29 is 9.90 Å². The van der Waals surface area contributed by atoms with E-state index in [4.69, 9.17) is 0 Å². The predicted octanol–water partition coefficient (Wildman–Crippen LogP) is 4.18. The number of aromatic nitrogens is 1. The Hall–Kier alpha value is -1.25. The number of Topliss-reactive ketones (excluding diaryl/α,β-unsaturated/α-hetero) is 1. The number of aromatic hydroxyl groups is 1. The van der Waals surface area contributed by atoms with Crippen molar-refractivity contribution in [2.24, 2.45) is 17.9 Å². The van der Waals surface area contributed by atoms with Crippen LogP contribution in [0.5, 0.6) is 5.75 Å². The van der Waals surface area contributed by atoms with Crippen molar-refractivity contribution in [3.8, 4) is 5.75 Å². The van der Waals surface area contributed by atoms with Crippen LogP contribution in [0.1, 0.15) is 65.0 Å². The van der Waals surface area contributed by atoms with Crippen LogP contribution < -0.4 is 0 Å². The SMILES string of the molecule is C.Cn1cc(CC(C)(C)C)c(O)c1C(=O)C(C)(C)C. The van der Waals surface area contributed by atoms with Gasteiger partial charge in [-0.1, -0.05) is 49.0 Å². The van der Waals surface area contributed by atoms with E-state index >= 15 is 0 Å². The fourth-order valence-electron chi connectivity index (χ4n) is 2.00. The van der Waals surface area contributed by atoms with E-state index in [0.717, 1.165) is 12.0 Å². The number of carbonyl (C=O) groups excluding carboxylic acids is 1. The van der Waals surface area contributed by atoms with Crippen LogP contribution in [0.25, 0.3) is 0 Å². The van der Waals surface area contributed by atoms with Crippen molar-refractivity contribution in [2.45, 2.75) is 55.4 Å². The van der Waals surface area contributed by atoms with Crippen LogP contribution in [0, 0.1) is 10.8 Å². The van der Waals surface area contributed by atoms with Crippen molar-refractivity contribution >= 4 is 5.78 Å². The average molecular weight is 267 g/mol. The van der Waals surface area contributed by atoms with Gasteiger partial charge in [0.05, 0.1) is 0 Å². The van der Waals surface area contributed by atoms with Crippen LogP contribution in [0.3, 0.4) is 0 Å². The molecule has 0 fully saturated rings. The molecule has 0 aliphatic rings. The Balaban J connectivity index is 0.00000324. The first-order chi connectivity index (χ1) is 7.93. The molecule has 3 nitrogen and oxygen atoms in total. The molecule has 1 aromatic rings. The molecule has 0 radical (unpaired) electrons. The summed E-state index contributed by atoms with van der Waals surface area (Å²) in [6.07, 6.45) is 2.61. The molecule has 0 saturated carbocycles. The second kappa shape index (κ2) is 5.40. The van der Waals surface area contributed by atoms with Crippen molar-refractivity contribution in [3.63, 3.8) is 0 Å². The van der Waals surface area contributed by atoms with Gasteiger partial charge >= 0.3 is 0 Å². The Morgan fingerprint density at radius 1 is 1.21 bits per heavy atom. The number of carbonyl (C=O) groups is 1. The lowest BCUT2D eigenvalue weighted by atomic mass is 9.86. The maximum absolute atomic E-state index is 12.3. The first-order valence-corrected chi connectivity index (χ1v) is 6.35. The summed E-state index contributed by atoms with van der Waals surface area (Å²) >= 11 is 0. The normalized spacial score (nSPS) is 12.2. The zero-order valence-corrected chi connectivity index (χ0v) is 12.6. The van der Waals surface area contributed by atoms with Crippen LogP contribution in [0.2, 0.25) is 0 Å². The van der Waals surface area contributed by atoms with Gasteiger partial charge in [-0.05, 0) is 11.8 Å². The third-order valence-corrected chi connectivity index (χ3v) is 2.85. The van der Waals surface area contributed by atoms with Crippen molar-refractivity contribution in [3.05, 3.63) is 17.5 Å². The van der Waals surface area contributed by atoms with Crippen LogP contribution in [-0.4, -0.2) is 15.5 Å². The van der Waals surface area contributed by atoms with E-state index in [1.165, 1.54) is 0 Å². The number of nitrogens with zero attached hydrogens (tertiary/aromatic N) is 1. The summed E-state index contributed by atoms with van der Waals surface area (Å²) in [6.45, 7) is 11.9. The lowest BCUT2D eigenvalue weighted by molar-refractivity contribution is 0.0846. The molecule has 1 N–H and O–H groups in total. The highest BCUT2D eigenvalue weighted by atomic mass is 16.3. The molecule has 0 aliphatic heterocycles. The smallest absolute Gasteiger partial charge is 0.188 e. The van der Waals surface area contributed by atoms with Gasteiger partial charge in [-0.15, -0.1) is 0 Å². The molecule has 0 unspecified atom stereocenters. The van der Waals surface area contributed by atoms with Crippen molar-refractivity contribution in [2.75, 3.05) is 0 Å². The van der Waals surface area contributed by atoms with Crippen LogP contribution in [0.15, 0.2) is 6.20 Å². The zero-order valence-electron chi connectivity index (χ0n) is 12.6. The number of ketones is 1. The summed E-state index contributed by atoms with van der Waals surface area (Å²) in [4.78, 5) is 12.3. The summed E-state index contributed by atoms with van der Waals surface area (Å²) in [5.74, 6) is 0.120. The Labute approximate surface area is 117 Å². The summed E-state index contributed by atoms with van der Waals surface area (Å²) in [5, 5.41) is 10.3. The molecule has 0 aromatic carbocycles. The van der Waals surface area contributed by atoms with Gasteiger partial charge in [0.25, 0.3) is 0 Å². The van der Waals surface area contributed by atoms with E-state index in [-0.39, 0.29) is 24.4 Å². The maximum Gasteiger partial charge on any atom is 0.188 e. The molecule has 0 saturated heterocycles. The quantitative estimate of drug-likeness (QED) is 0.817. The van der Waals surface area contributed by atoms with Gasteiger partial charge in [0, 0.05) is 24.2 Å². The standard InChI is InChI=1S/C15H25NO2.CH4/c1-14(2,3)8-10-9-16(7)11(12(10)17)13(18)15(4,5)6;/h9,17H,8H2,1-7H3;1H4. The van der Waals surface area contributed by atoms with E-state index in [0.29, 0.717) is 5.69 Å². The summed E-state index contributed by atoms with van der Waals surface area (Å²) in [6, 6.07) is 0. The molecule has 1 aromatic heterocycles. The highest BCUT2D eigenvalue weighted by Crippen LogP contribution is 2.34. The molecule has 110 valence electrons. The molecule has 0 amide bonds. The summed E-state index contributed by atoms with van der Waals surface area (Å²) in [5.41, 5.74) is 0.864. The lowest BCUT2D eigenvalue weighted by Gasteiger charge is -2.18. The zero-order chi connectivity index (χ0) is 14.3. The van der Waals surface area contributed by atoms with Gasteiger partial charge < -0.3 is 9.67 Å². The Bertz CT molecular complexity index is 456. The molecule has 0 atom stereocenters. The fraction of sp³-hybridized carbons (Fsp3) is 0.688. The lowest BCUT2D eigenvalue weighted by Crippen LogP contribution is -2.22. The third-order valence-electron chi connectivity index (χ3n) is 2.85. The Morgan fingerprint density at radius 3 is 2.05 bits per heavy atom. The van der Waals surface area contributed by atoms with E-state index in [1.54, 1.807) is 4.57 Å². The Kier molecular flexibility index (Phi) is 5.04. The monoisotopic (exact) mass is 267 g/mol. The first-order valence-electron chi connectivity index (χ1n) is 6.35. The molecule has 0 aliphatic carbocycles. The molecule has 1 heterocycles. The maximum atomic E-state index is 12.3. The van der Waals surface area contributed by atoms with E-state index < -0.39 is 5.41 Å². The van der Waals surface area contributed by atoms with Crippen LogP contribution in [0.4, 0.5) is 0 Å². The largest absolute Gasteiger partial charge is 0.505 e. The minimum atomic E-state index is -0.484. The average Bonchev–Trinajstić information content (AvgIpc) is 2.36. The highest BCUT2D eigenvalue weighted by Gasteiger charge is 2.30. The second-order valence-electron chi connectivity index (χ2n) is 7.28. The number of rotatable bonds is 2. The minimum absolute atomic E-state index is 0. The van der Waals surface area contributed by atoms with Gasteiger partial charge in [0.1, 0.15) is 11.4 Å². The number of aryl methyl sites for hydroxylation is 1. The fourth-order valence-corrected chi connectivity index (χ4v) is 2.00. The van der Waals surface area contributed by atoms with E-state index in [2.05, 4.69) is 20.8 Å². The van der Waals surface area contributed by atoms with Gasteiger partial charge in [0.15, 0.2) is 5.78 Å². The van der Waals surface area contributed by atoms with Crippen molar-refractivity contribution in [1.82, 2.24) is 4.57 Å². The number of hydrogen-bond acceptors (Lipinski definition) is 2. The highest BCUT2D eigenvalue weighted by molar-refractivity contribution is 6.01. The Morgan fingerprint density at radius 2 is 1.68 bits per heavy atom. The number of hydrogen-bond donors (Lipinski definition) is 1. The second-order valence-corrected chi connectivity index (χ2v) is 7.28. The molecule has 0 spiro atoms. The van der Waals surface area contributed by atoms with Crippen LogP contribution in [-0.2, 0) is 13.5 Å². The first kappa shape index (κ1) is 17.8. The topological polar surface area (TPSA) is 42.2 Å². The summed E-state index contributed by atoms with van der Waals surface area (Å²) < 4.78 is 1.74. The summed E-state index contributed by atoms with van der Waals surface area (Å²) in [7, 11) is 1.81. The van der Waals surface area contributed by atoms with Crippen molar-refractivity contribution in [1.29, 1.82) is 0 Å². The van der Waals surface area contributed by atoms with Crippen LogP contribution >= 0.6 is 0 Å². The van der Waals surface area contributed by atoms with Gasteiger partial charge in [-0.3, -0.25) is 4.79 Å².